The number of alkyl halides is 5. The molecule has 38 heavy (non-hydrogen) atoms. The Balaban J connectivity index is 1.70. The number of fused-ring (bicyclic) bond motifs is 2. The van der Waals surface area contributed by atoms with Crippen LogP contribution in [-0.4, -0.2) is 58.1 Å². The van der Waals surface area contributed by atoms with Crippen LogP contribution in [0.2, 0.25) is 0 Å². The van der Waals surface area contributed by atoms with E-state index in [2.05, 4.69) is 26.0 Å². The first-order chi connectivity index (χ1) is 17.6. The summed E-state index contributed by atoms with van der Waals surface area (Å²) in [7, 11) is 1.20. The maximum Gasteiger partial charge on any atom is 0.424 e. The molecule has 0 unspecified atom stereocenters. The molecule has 0 spiro atoms. The first-order valence-electron chi connectivity index (χ1n) is 10.7. The van der Waals surface area contributed by atoms with Crippen molar-refractivity contribution >= 4 is 38.6 Å². The molecule has 3 aromatic rings. The minimum Gasteiger partial charge on any atom is -0.494 e. The highest BCUT2D eigenvalue weighted by molar-refractivity contribution is 9.10. The standard InChI is InChI=1S/C22H19BrF5N5O5/c1-20(18(29)35)8-38-15-11(20)5-13(31-16(15)23)21(36,22(26,27)28)7-30-17(34)9-3-10-6-33(19(24)25)32-14(10)12(4-9)37-2/h3-6,19,36H,7-8H2,1-2H3,(H2,29,35)(H,30,34)/t20-,21-/m0/s1. The van der Waals surface area contributed by atoms with Gasteiger partial charge in [0.2, 0.25) is 11.5 Å². The topological polar surface area (TPSA) is 142 Å². The number of hydrogen-bond acceptors (Lipinski definition) is 7. The molecule has 1 aromatic carbocycles. The van der Waals surface area contributed by atoms with Crippen molar-refractivity contribution in [3.63, 3.8) is 0 Å². The molecule has 16 heteroatoms. The monoisotopic (exact) mass is 607 g/mol. The Morgan fingerprint density at radius 3 is 2.61 bits per heavy atom. The molecule has 0 aliphatic carbocycles. The van der Waals surface area contributed by atoms with E-state index < -0.39 is 47.8 Å². The number of pyridine rings is 1. The Hall–Kier alpha value is -3.53. The van der Waals surface area contributed by atoms with E-state index in [1.165, 1.54) is 14.0 Å². The van der Waals surface area contributed by atoms with Gasteiger partial charge in [-0.2, -0.15) is 27.1 Å². The summed E-state index contributed by atoms with van der Waals surface area (Å²) < 4.78 is 79.2. The van der Waals surface area contributed by atoms with Gasteiger partial charge in [0.15, 0.2) is 5.75 Å². The molecule has 2 atom stereocenters. The zero-order valence-electron chi connectivity index (χ0n) is 19.6. The predicted octanol–water partition coefficient (Wildman–Crippen LogP) is 2.91. The van der Waals surface area contributed by atoms with Crippen molar-refractivity contribution in [1.29, 1.82) is 0 Å². The highest BCUT2D eigenvalue weighted by Crippen LogP contribution is 2.46. The minimum atomic E-state index is -5.34. The van der Waals surface area contributed by atoms with E-state index >= 15 is 0 Å². The summed E-state index contributed by atoms with van der Waals surface area (Å²) in [4.78, 5) is 28.6. The Labute approximate surface area is 219 Å². The third kappa shape index (κ3) is 4.40. The second-order valence-corrected chi connectivity index (χ2v) is 9.45. The number of carbonyl (C=O) groups excluding carboxylic acids is 2. The van der Waals surface area contributed by atoms with E-state index in [1.54, 1.807) is 0 Å². The van der Waals surface area contributed by atoms with Gasteiger partial charge in [-0.1, -0.05) is 0 Å². The minimum absolute atomic E-state index is 0.00283. The van der Waals surface area contributed by atoms with Crippen LogP contribution in [0, 0.1) is 0 Å². The van der Waals surface area contributed by atoms with E-state index in [0.29, 0.717) is 4.68 Å². The molecule has 0 fully saturated rings. The van der Waals surface area contributed by atoms with Gasteiger partial charge in [-0.05, 0) is 41.1 Å². The van der Waals surface area contributed by atoms with Gasteiger partial charge in [0.25, 0.3) is 5.91 Å². The van der Waals surface area contributed by atoms with Crippen LogP contribution in [0.3, 0.4) is 0 Å². The number of methoxy groups -OCH3 is 1. The van der Waals surface area contributed by atoms with Crippen LogP contribution < -0.4 is 20.5 Å². The molecule has 204 valence electrons. The molecule has 1 aliphatic rings. The smallest absolute Gasteiger partial charge is 0.424 e. The highest BCUT2D eigenvalue weighted by Gasteiger charge is 2.57. The number of primary amides is 1. The number of aliphatic hydroxyl groups is 1. The van der Waals surface area contributed by atoms with Crippen molar-refractivity contribution in [2.24, 2.45) is 5.73 Å². The van der Waals surface area contributed by atoms with Crippen LogP contribution in [0.1, 0.15) is 35.1 Å². The first kappa shape index (κ1) is 27.5. The summed E-state index contributed by atoms with van der Waals surface area (Å²) >= 11 is 3.00. The highest BCUT2D eigenvalue weighted by atomic mass is 79.9. The summed E-state index contributed by atoms with van der Waals surface area (Å²) in [5, 5.41) is 16.6. The molecular weight excluding hydrogens is 589 g/mol. The van der Waals surface area contributed by atoms with Gasteiger partial charge in [0.05, 0.1) is 19.3 Å². The van der Waals surface area contributed by atoms with Gasteiger partial charge < -0.3 is 25.6 Å². The lowest BCUT2D eigenvalue weighted by Crippen LogP contribution is -2.51. The van der Waals surface area contributed by atoms with Crippen molar-refractivity contribution in [2.45, 2.75) is 30.7 Å². The van der Waals surface area contributed by atoms with E-state index in [-0.39, 0.29) is 44.7 Å². The lowest BCUT2D eigenvalue weighted by molar-refractivity contribution is -0.265. The number of nitrogens with one attached hydrogen (secondary N) is 1. The van der Waals surface area contributed by atoms with E-state index in [9.17, 15) is 36.6 Å². The number of halogens is 6. The summed E-state index contributed by atoms with van der Waals surface area (Å²) in [6, 6.07) is 3.09. The van der Waals surface area contributed by atoms with Crippen LogP contribution >= 0.6 is 15.9 Å². The fraction of sp³-hybridized carbons (Fsp3) is 0.364. The van der Waals surface area contributed by atoms with Gasteiger partial charge in [-0.15, -0.1) is 0 Å². The number of carbonyl (C=O) groups is 2. The summed E-state index contributed by atoms with van der Waals surface area (Å²) in [5.41, 5.74) is -0.979. The summed E-state index contributed by atoms with van der Waals surface area (Å²) in [6.45, 7) is -3.26. The Bertz CT molecular complexity index is 1450. The zero-order valence-corrected chi connectivity index (χ0v) is 21.2. The fourth-order valence-electron chi connectivity index (χ4n) is 3.91. The number of rotatable bonds is 7. The van der Waals surface area contributed by atoms with Crippen molar-refractivity contribution in [3.8, 4) is 11.5 Å². The Kier molecular flexibility index (Phi) is 6.76. The molecule has 0 bridgehead atoms. The van der Waals surface area contributed by atoms with Gasteiger partial charge >= 0.3 is 12.7 Å². The lowest BCUT2D eigenvalue weighted by Gasteiger charge is -2.31. The summed E-state index contributed by atoms with van der Waals surface area (Å²) in [5.74, 6) is -2.03. The van der Waals surface area contributed by atoms with E-state index in [0.717, 1.165) is 24.4 Å². The number of nitrogens with zero attached hydrogens (tertiary/aromatic N) is 3. The molecule has 0 radical (unpaired) electrons. The normalized spacial score (nSPS) is 18.7. The van der Waals surface area contributed by atoms with Gasteiger partial charge in [0, 0.05) is 22.7 Å². The number of benzene rings is 1. The van der Waals surface area contributed by atoms with Crippen LogP contribution in [0.5, 0.6) is 11.5 Å². The molecular formula is C22H19BrF5N5O5. The molecule has 4 N–H and O–H groups in total. The number of ether oxygens (including phenoxy) is 2. The van der Waals surface area contributed by atoms with E-state index in [4.69, 9.17) is 15.2 Å². The van der Waals surface area contributed by atoms with Crippen molar-refractivity contribution in [2.75, 3.05) is 20.3 Å². The van der Waals surface area contributed by atoms with Gasteiger partial charge in [0.1, 0.15) is 27.9 Å². The second-order valence-electron chi connectivity index (χ2n) is 8.70. The van der Waals surface area contributed by atoms with Gasteiger partial charge in [-0.25, -0.2) is 9.67 Å². The Morgan fingerprint density at radius 1 is 1.34 bits per heavy atom. The molecule has 4 rings (SSSR count). The fourth-order valence-corrected chi connectivity index (χ4v) is 4.43. The van der Waals surface area contributed by atoms with Crippen LogP contribution in [0.15, 0.2) is 29.0 Å². The molecule has 2 amide bonds. The van der Waals surface area contributed by atoms with Crippen LogP contribution in [-0.2, 0) is 15.8 Å². The molecule has 0 saturated carbocycles. The van der Waals surface area contributed by atoms with Gasteiger partial charge in [-0.3, -0.25) is 9.59 Å². The lowest BCUT2D eigenvalue weighted by atomic mass is 9.82. The van der Waals surface area contributed by atoms with Crippen LogP contribution in [0.25, 0.3) is 10.9 Å². The maximum atomic E-state index is 14.2. The number of aromatic nitrogens is 3. The third-order valence-corrected chi connectivity index (χ3v) is 6.78. The summed E-state index contributed by atoms with van der Waals surface area (Å²) in [6.07, 6.45) is -4.40. The quantitative estimate of drug-likeness (QED) is 0.277. The number of amides is 2. The van der Waals surface area contributed by atoms with Crippen molar-refractivity contribution < 1.29 is 46.1 Å². The average molecular weight is 608 g/mol. The third-order valence-electron chi connectivity index (χ3n) is 6.25. The number of hydrogen-bond donors (Lipinski definition) is 3. The second kappa shape index (κ2) is 9.34. The Morgan fingerprint density at radius 2 is 2.03 bits per heavy atom. The molecule has 0 saturated heterocycles. The molecule has 1 aliphatic heterocycles. The predicted molar refractivity (Wildman–Crippen MR) is 124 cm³/mol. The first-order valence-corrected chi connectivity index (χ1v) is 11.5. The average Bonchev–Trinajstić information content (AvgIpc) is 3.43. The maximum absolute atomic E-state index is 14.2. The number of nitrogens with two attached hydrogens (primary N) is 1. The zero-order chi connectivity index (χ0) is 28.2. The SMILES string of the molecule is COc1cc(C(=O)NC[C@](O)(c2cc3c(c(Br)n2)OC[C@]3(C)C(N)=O)C(F)(F)F)cc2cn(C(F)F)nc12. The molecule has 2 aromatic heterocycles. The van der Waals surface area contributed by atoms with Crippen molar-refractivity contribution in [1.82, 2.24) is 20.1 Å². The van der Waals surface area contributed by atoms with Crippen LogP contribution in [0.4, 0.5) is 22.0 Å². The molecule has 3 heterocycles. The molecule has 10 nitrogen and oxygen atoms in total. The van der Waals surface area contributed by atoms with Crippen molar-refractivity contribution in [3.05, 3.63) is 45.8 Å². The van der Waals surface area contributed by atoms with E-state index in [1.807, 2.05) is 5.32 Å². The largest absolute Gasteiger partial charge is 0.494 e.